The van der Waals surface area contributed by atoms with Crippen molar-refractivity contribution in [3.8, 4) is 17.3 Å². The third-order valence-corrected chi connectivity index (χ3v) is 8.47. The van der Waals surface area contributed by atoms with Crippen LogP contribution in [0.5, 0.6) is 0 Å². The highest BCUT2D eigenvalue weighted by Gasteiger charge is 2.34. The number of rotatable bonds is 3. The molecule has 5 nitrogen and oxygen atoms in total. The van der Waals surface area contributed by atoms with Gasteiger partial charge in [-0.2, -0.15) is 5.26 Å². The van der Waals surface area contributed by atoms with E-state index in [1.54, 1.807) is 12.3 Å². The molecule has 4 aliphatic rings. The van der Waals surface area contributed by atoms with Crippen molar-refractivity contribution in [2.24, 2.45) is 11.8 Å². The van der Waals surface area contributed by atoms with Gasteiger partial charge < -0.3 is 4.90 Å². The zero-order valence-corrected chi connectivity index (χ0v) is 20.1. The maximum absolute atomic E-state index is 16.3. The van der Waals surface area contributed by atoms with Crippen LogP contribution in [0, 0.1) is 29.0 Å². The summed E-state index contributed by atoms with van der Waals surface area (Å²) in [5, 5.41) is 10.3. The maximum atomic E-state index is 16.3. The normalized spacial score (nSPS) is 22.6. The third-order valence-electron chi connectivity index (χ3n) is 8.47. The Kier molecular flexibility index (Phi) is 4.70. The molecule has 2 aromatic heterocycles. The van der Waals surface area contributed by atoms with Crippen LogP contribution < -0.4 is 4.90 Å². The van der Waals surface area contributed by atoms with E-state index < -0.39 is 5.82 Å². The van der Waals surface area contributed by atoms with E-state index in [-0.39, 0.29) is 0 Å². The number of benzene rings is 1. The Bertz CT molecular complexity index is 1450. The molecule has 35 heavy (non-hydrogen) atoms. The Balaban J connectivity index is 1.40. The summed E-state index contributed by atoms with van der Waals surface area (Å²) >= 11 is 0. The van der Waals surface area contributed by atoms with Gasteiger partial charge in [-0.25, -0.2) is 14.4 Å². The molecule has 2 bridgehead atoms. The summed E-state index contributed by atoms with van der Waals surface area (Å²) in [6.07, 6.45) is 10.5. The minimum absolute atomic E-state index is 0.300. The SMILES string of the molecule is CCc1nc(N2CC3CCCC(C3)C2)c2cnc(-c3cc(C#N)cc4c3C3=C(CC4)C3)c(F)c2n1. The molecule has 1 saturated carbocycles. The zero-order chi connectivity index (χ0) is 23.7. The minimum atomic E-state index is -0.399. The lowest BCUT2D eigenvalue weighted by atomic mass is 9.78. The van der Waals surface area contributed by atoms with Crippen LogP contribution in [0.2, 0.25) is 0 Å². The van der Waals surface area contributed by atoms with Crippen LogP contribution in [0.3, 0.4) is 0 Å². The number of halogens is 1. The van der Waals surface area contributed by atoms with Gasteiger partial charge >= 0.3 is 0 Å². The minimum Gasteiger partial charge on any atom is -0.355 e. The Hall–Kier alpha value is -3.33. The highest BCUT2D eigenvalue weighted by Crippen LogP contribution is 2.51. The average molecular weight is 466 g/mol. The average Bonchev–Trinajstić information content (AvgIpc) is 3.68. The molecule has 1 aliphatic heterocycles. The lowest BCUT2D eigenvalue weighted by molar-refractivity contribution is 0.231. The number of anilines is 1. The summed E-state index contributed by atoms with van der Waals surface area (Å²) in [7, 11) is 0. The van der Waals surface area contributed by atoms with Crippen LogP contribution in [0.1, 0.15) is 68.0 Å². The monoisotopic (exact) mass is 465 g/mol. The first-order chi connectivity index (χ1) is 17.1. The van der Waals surface area contributed by atoms with Gasteiger partial charge in [-0.1, -0.05) is 18.9 Å². The Labute approximate surface area is 204 Å². The molecule has 0 amide bonds. The fourth-order valence-corrected chi connectivity index (χ4v) is 6.74. The molecular formula is C29H28FN5. The smallest absolute Gasteiger partial charge is 0.175 e. The van der Waals surface area contributed by atoms with E-state index in [1.165, 1.54) is 36.8 Å². The number of pyridine rings is 1. The van der Waals surface area contributed by atoms with Gasteiger partial charge in [0.25, 0.3) is 0 Å². The first-order valence-electron chi connectivity index (χ1n) is 13.0. The second-order valence-corrected chi connectivity index (χ2v) is 10.7. The predicted octanol–water partition coefficient (Wildman–Crippen LogP) is 5.99. The first-order valence-corrected chi connectivity index (χ1v) is 13.0. The number of hydrogen-bond acceptors (Lipinski definition) is 5. The molecule has 0 N–H and O–H groups in total. The number of piperidine rings is 1. The summed E-state index contributed by atoms with van der Waals surface area (Å²) in [6, 6.07) is 6.03. The van der Waals surface area contributed by atoms with E-state index >= 15 is 4.39 Å². The Morgan fingerprint density at radius 1 is 1.14 bits per heavy atom. The molecule has 2 fully saturated rings. The number of allylic oxidation sites excluding steroid dienone is 2. The topological polar surface area (TPSA) is 65.7 Å². The predicted molar refractivity (Wildman–Crippen MR) is 134 cm³/mol. The highest BCUT2D eigenvalue weighted by atomic mass is 19.1. The number of aryl methyl sites for hydroxylation is 2. The van der Waals surface area contributed by atoms with Gasteiger partial charge in [-0.3, -0.25) is 4.98 Å². The van der Waals surface area contributed by atoms with Crippen LogP contribution >= 0.6 is 0 Å². The van der Waals surface area contributed by atoms with Crippen LogP contribution in [0.15, 0.2) is 23.9 Å². The number of fused-ring (bicyclic) bond motifs is 5. The standard InChI is InChI=1S/C29H28FN5/c1-2-24-33-28-23(29(34-24)35-14-16-4-3-5-17(8-16)15-35)13-32-27(26(28)30)22-10-18(12-31)9-20-7-6-19-11-21(19)25(20)22/h9-10,13,16-17H,2-8,11,14-15H2,1H3. The Morgan fingerprint density at radius 2 is 1.97 bits per heavy atom. The van der Waals surface area contributed by atoms with E-state index in [0.717, 1.165) is 54.9 Å². The highest BCUT2D eigenvalue weighted by molar-refractivity contribution is 5.96. The summed E-state index contributed by atoms with van der Waals surface area (Å²) in [5.41, 5.74) is 6.93. The molecule has 3 aliphatic carbocycles. The van der Waals surface area contributed by atoms with E-state index in [9.17, 15) is 5.26 Å². The van der Waals surface area contributed by atoms with Crippen molar-refractivity contribution in [2.75, 3.05) is 18.0 Å². The quantitative estimate of drug-likeness (QED) is 0.475. The van der Waals surface area contributed by atoms with Gasteiger partial charge in [0.05, 0.1) is 17.0 Å². The zero-order valence-electron chi connectivity index (χ0n) is 20.1. The lowest BCUT2D eigenvalue weighted by Gasteiger charge is -2.42. The van der Waals surface area contributed by atoms with Gasteiger partial charge in [0.1, 0.15) is 22.9 Å². The molecule has 0 radical (unpaired) electrons. The molecule has 176 valence electrons. The van der Waals surface area contributed by atoms with E-state index in [0.29, 0.717) is 46.2 Å². The summed E-state index contributed by atoms with van der Waals surface area (Å²) in [6.45, 7) is 3.97. The summed E-state index contributed by atoms with van der Waals surface area (Å²) < 4.78 is 16.3. The second-order valence-electron chi connectivity index (χ2n) is 10.7. The molecule has 6 heteroatoms. The van der Waals surface area contributed by atoms with Gasteiger partial charge in [0, 0.05) is 31.3 Å². The molecule has 2 unspecified atom stereocenters. The summed E-state index contributed by atoms with van der Waals surface area (Å²) in [4.78, 5) is 16.6. The molecule has 7 rings (SSSR count). The van der Waals surface area contributed by atoms with Crippen molar-refractivity contribution >= 4 is 22.3 Å². The molecule has 1 saturated heterocycles. The van der Waals surface area contributed by atoms with Crippen molar-refractivity contribution in [3.05, 3.63) is 52.2 Å². The van der Waals surface area contributed by atoms with Crippen molar-refractivity contribution in [2.45, 2.75) is 58.3 Å². The molecule has 2 atom stereocenters. The van der Waals surface area contributed by atoms with E-state index in [1.807, 2.05) is 13.0 Å². The maximum Gasteiger partial charge on any atom is 0.175 e. The van der Waals surface area contributed by atoms with Gasteiger partial charge in [-0.15, -0.1) is 0 Å². The van der Waals surface area contributed by atoms with Crippen molar-refractivity contribution < 1.29 is 4.39 Å². The van der Waals surface area contributed by atoms with Gasteiger partial charge in [0.2, 0.25) is 0 Å². The van der Waals surface area contributed by atoms with Gasteiger partial charge in [0.15, 0.2) is 5.82 Å². The van der Waals surface area contributed by atoms with Crippen molar-refractivity contribution in [1.82, 2.24) is 15.0 Å². The van der Waals surface area contributed by atoms with E-state index in [2.05, 4.69) is 20.9 Å². The first kappa shape index (κ1) is 21.0. The molecule has 3 aromatic rings. The summed E-state index contributed by atoms with van der Waals surface area (Å²) in [5.74, 6) is 2.48. The van der Waals surface area contributed by atoms with Crippen LogP contribution in [-0.4, -0.2) is 28.0 Å². The van der Waals surface area contributed by atoms with Crippen LogP contribution in [-0.2, 0) is 12.8 Å². The molecule has 1 aromatic carbocycles. The van der Waals surface area contributed by atoms with Crippen molar-refractivity contribution in [3.63, 3.8) is 0 Å². The van der Waals surface area contributed by atoms with Gasteiger partial charge in [-0.05, 0) is 79.2 Å². The molecule has 0 spiro atoms. The number of hydrogen-bond donors (Lipinski definition) is 0. The van der Waals surface area contributed by atoms with Crippen molar-refractivity contribution in [1.29, 1.82) is 5.26 Å². The van der Waals surface area contributed by atoms with E-state index in [4.69, 9.17) is 4.98 Å². The fraction of sp³-hybridized carbons (Fsp3) is 0.448. The lowest BCUT2D eigenvalue weighted by Crippen LogP contribution is -2.43. The number of nitriles is 1. The number of nitrogens with zero attached hydrogens (tertiary/aromatic N) is 5. The largest absolute Gasteiger partial charge is 0.355 e. The fourth-order valence-electron chi connectivity index (χ4n) is 6.74. The van der Waals surface area contributed by atoms with Crippen LogP contribution in [0.4, 0.5) is 10.2 Å². The number of aromatic nitrogens is 3. The third kappa shape index (κ3) is 3.36. The Morgan fingerprint density at radius 3 is 2.74 bits per heavy atom. The second kappa shape index (κ2) is 7.84. The van der Waals surface area contributed by atoms with Crippen LogP contribution in [0.25, 0.3) is 27.7 Å². The molecular weight excluding hydrogens is 437 g/mol. The molecule has 3 heterocycles.